The van der Waals surface area contributed by atoms with Gasteiger partial charge < -0.3 is 10.1 Å². The maximum absolute atomic E-state index is 12.4. The van der Waals surface area contributed by atoms with Crippen molar-refractivity contribution in [3.63, 3.8) is 0 Å². The zero-order valence-electron chi connectivity index (χ0n) is 13.2. The van der Waals surface area contributed by atoms with Crippen molar-refractivity contribution in [2.75, 3.05) is 12.4 Å². The second-order valence-corrected chi connectivity index (χ2v) is 5.41. The average Bonchev–Trinajstić information content (AvgIpc) is 2.43. The second kappa shape index (κ2) is 6.00. The van der Waals surface area contributed by atoms with Gasteiger partial charge in [-0.15, -0.1) is 0 Å². The third-order valence-corrected chi connectivity index (χ3v) is 3.59. The summed E-state index contributed by atoms with van der Waals surface area (Å²) in [6.07, 6.45) is 0. The van der Waals surface area contributed by atoms with Crippen LogP contribution in [0.3, 0.4) is 0 Å². The van der Waals surface area contributed by atoms with Gasteiger partial charge in [-0.2, -0.15) is 0 Å². The fourth-order valence-electron chi connectivity index (χ4n) is 2.52. The summed E-state index contributed by atoms with van der Waals surface area (Å²) in [6, 6.07) is 9.61. The van der Waals surface area contributed by atoms with Gasteiger partial charge in [0.25, 0.3) is 5.91 Å². The van der Waals surface area contributed by atoms with E-state index in [0.717, 1.165) is 28.1 Å². The highest BCUT2D eigenvalue weighted by molar-refractivity contribution is 6.05. The molecule has 0 fully saturated rings. The Labute approximate surface area is 126 Å². The van der Waals surface area contributed by atoms with Crippen molar-refractivity contribution in [1.29, 1.82) is 0 Å². The number of rotatable bonds is 3. The molecule has 0 spiro atoms. The number of hydrogen-bond donors (Lipinski definition) is 1. The third-order valence-electron chi connectivity index (χ3n) is 3.59. The highest BCUT2D eigenvalue weighted by atomic mass is 16.5. The Bertz CT molecular complexity index is 667. The first-order chi connectivity index (χ1) is 9.92. The molecule has 0 bridgehead atoms. The summed E-state index contributed by atoms with van der Waals surface area (Å²) in [5.74, 6) is 0.600. The molecule has 0 aliphatic heterocycles. The molecular formula is C18H21NO2. The van der Waals surface area contributed by atoms with Gasteiger partial charge in [-0.1, -0.05) is 23.8 Å². The summed E-state index contributed by atoms with van der Waals surface area (Å²) in [7, 11) is 1.61. The number of nitrogens with one attached hydrogen (secondary N) is 1. The molecule has 3 heteroatoms. The molecule has 2 aromatic carbocycles. The van der Waals surface area contributed by atoms with Crippen LogP contribution in [0.1, 0.15) is 32.6 Å². The number of hydrogen-bond acceptors (Lipinski definition) is 2. The zero-order valence-corrected chi connectivity index (χ0v) is 13.2. The van der Waals surface area contributed by atoms with Crippen molar-refractivity contribution in [3.05, 3.63) is 58.1 Å². The topological polar surface area (TPSA) is 38.3 Å². The van der Waals surface area contributed by atoms with E-state index in [1.807, 2.05) is 32.9 Å². The Morgan fingerprint density at radius 2 is 1.57 bits per heavy atom. The first-order valence-corrected chi connectivity index (χ1v) is 6.96. The lowest BCUT2D eigenvalue weighted by atomic mass is 10.0. The molecular weight excluding hydrogens is 262 g/mol. The molecule has 0 heterocycles. The van der Waals surface area contributed by atoms with E-state index in [-0.39, 0.29) is 5.91 Å². The minimum absolute atomic E-state index is 0.122. The average molecular weight is 283 g/mol. The molecule has 0 aliphatic carbocycles. The van der Waals surface area contributed by atoms with Gasteiger partial charge >= 0.3 is 0 Å². The molecule has 0 unspecified atom stereocenters. The Balaban J connectivity index is 2.30. The van der Waals surface area contributed by atoms with E-state index < -0.39 is 0 Å². The van der Waals surface area contributed by atoms with Crippen molar-refractivity contribution in [2.45, 2.75) is 27.7 Å². The van der Waals surface area contributed by atoms with Crippen LogP contribution in [0.2, 0.25) is 0 Å². The number of carbonyl (C=O) groups is 1. The quantitative estimate of drug-likeness (QED) is 0.917. The van der Waals surface area contributed by atoms with E-state index in [4.69, 9.17) is 4.74 Å². The molecule has 2 aromatic rings. The van der Waals surface area contributed by atoms with Crippen LogP contribution in [0.15, 0.2) is 30.3 Å². The molecule has 0 saturated heterocycles. The Hall–Kier alpha value is -2.29. The number of benzene rings is 2. The van der Waals surface area contributed by atoms with Crippen molar-refractivity contribution >= 4 is 11.6 Å². The van der Waals surface area contributed by atoms with Gasteiger partial charge in [0.2, 0.25) is 0 Å². The lowest BCUT2D eigenvalue weighted by molar-refractivity contribution is 0.102. The molecule has 0 aliphatic rings. The van der Waals surface area contributed by atoms with E-state index in [1.54, 1.807) is 13.2 Å². The predicted octanol–water partition coefficient (Wildman–Crippen LogP) is 4.18. The summed E-state index contributed by atoms with van der Waals surface area (Å²) in [5.41, 5.74) is 5.82. The first-order valence-electron chi connectivity index (χ1n) is 6.96. The monoisotopic (exact) mass is 283 g/mol. The summed E-state index contributed by atoms with van der Waals surface area (Å²) in [4.78, 5) is 12.4. The summed E-state index contributed by atoms with van der Waals surface area (Å²) in [5, 5.41) is 3.00. The van der Waals surface area contributed by atoms with Crippen LogP contribution in [-0.4, -0.2) is 13.0 Å². The van der Waals surface area contributed by atoms with Gasteiger partial charge in [-0.25, -0.2) is 0 Å². The number of ether oxygens (including phenoxy) is 1. The van der Waals surface area contributed by atoms with Gasteiger partial charge in [0.05, 0.1) is 7.11 Å². The van der Waals surface area contributed by atoms with Crippen molar-refractivity contribution in [3.8, 4) is 5.75 Å². The molecule has 0 radical (unpaired) electrons. The van der Waals surface area contributed by atoms with Gasteiger partial charge in [0.15, 0.2) is 0 Å². The molecule has 110 valence electrons. The maximum Gasteiger partial charge on any atom is 0.255 e. The van der Waals surface area contributed by atoms with E-state index >= 15 is 0 Å². The van der Waals surface area contributed by atoms with Gasteiger partial charge in [0, 0.05) is 11.3 Å². The van der Waals surface area contributed by atoms with Crippen LogP contribution in [0.25, 0.3) is 0 Å². The van der Waals surface area contributed by atoms with Crippen molar-refractivity contribution in [2.24, 2.45) is 0 Å². The smallest absolute Gasteiger partial charge is 0.255 e. The number of methoxy groups -OCH3 is 1. The molecule has 0 aromatic heterocycles. The molecule has 1 amide bonds. The standard InChI is InChI=1S/C18H21NO2/c1-11-8-13(3)17(14(4)9-11)19-18(20)15-7-6-12(2)16(10-15)21-5/h6-10H,1-5H3,(H,19,20). The highest BCUT2D eigenvalue weighted by Gasteiger charge is 2.12. The van der Waals surface area contributed by atoms with E-state index in [1.165, 1.54) is 5.56 Å². The van der Waals surface area contributed by atoms with E-state index in [2.05, 4.69) is 24.4 Å². The Morgan fingerprint density at radius 1 is 0.952 bits per heavy atom. The lowest BCUT2D eigenvalue weighted by Gasteiger charge is -2.13. The molecule has 3 nitrogen and oxygen atoms in total. The fraction of sp³-hybridized carbons (Fsp3) is 0.278. The van der Waals surface area contributed by atoms with Crippen molar-refractivity contribution in [1.82, 2.24) is 0 Å². The maximum atomic E-state index is 12.4. The summed E-state index contributed by atoms with van der Waals surface area (Å²) < 4.78 is 5.27. The Morgan fingerprint density at radius 3 is 2.14 bits per heavy atom. The van der Waals surface area contributed by atoms with Crippen LogP contribution in [0.5, 0.6) is 5.75 Å². The van der Waals surface area contributed by atoms with E-state index in [9.17, 15) is 4.79 Å². The molecule has 0 saturated carbocycles. The SMILES string of the molecule is COc1cc(C(=O)Nc2c(C)cc(C)cc2C)ccc1C. The van der Waals surface area contributed by atoms with Crippen LogP contribution in [0, 0.1) is 27.7 Å². The largest absolute Gasteiger partial charge is 0.496 e. The fourth-order valence-corrected chi connectivity index (χ4v) is 2.52. The molecule has 21 heavy (non-hydrogen) atoms. The lowest BCUT2D eigenvalue weighted by Crippen LogP contribution is -2.14. The minimum Gasteiger partial charge on any atom is -0.496 e. The summed E-state index contributed by atoms with van der Waals surface area (Å²) in [6.45, 7) is 8.02. The number of aryl methyl sites for hydroxylation is 4. The number of anilines is 1. The zero-order chi connectivity index (χ0) is 15.6. The first kappa shape index (κ1) is 15.1. The number of amides is 1. The minimum atomic E-state index is -0.122. The second-order valence-electron chi connectivity index (χ2n) is 5.41. The molecule has 2 rings (SSSR count). The van der Waals surface area contributed by atoms with Crippen LogP contribution in [0.4, 0.5) is 5.69 Å². The normalized spacial score (nSPS) is 10.3. The third kappa shape index (κ3) is 3.24. The highest BCUT2D eigenvalue weighted by Crippen LogP contribution is 2.24. The molecule has 1 N–H and O–H groups in total. The van der Waals surface area contributed by atoms with Crippen LogP contribution in [-0.2, 0) is 0 Å². The van der Waals surface area contributed by atoms with Gasteiger partial charge in [-0.05, 0) is 56.5 Å². The van der Waals surface area contributed by atoms with Gasteiger partial charge in [-0.3, -0.25) is 4.79 Å². The predicted molar refractivity (Wildman–Crippen MR) is 86.3 cm³/mol. The van der Waals surface area contributed by atoms with Gasteiger partial charge in [0.1, 0.15) is 5.75 Å². The van der Waals surface area contributed by atoms with Crippen LogP contribution < -0.4 is 10.1 Å². The molecule has 0 atom stereocenters. The Kier molecular flexibility index (Phi) is 4.32. The number of carbonyl (C=O) groups excluding carboxylic acids is 1. The van der Waals surface area contributed by atoms with E-state index in [0.29, 0.717) is 5.56 Å². The summed E-state index contributed by atoms with van der Waals surface area (Å²) >= 11 is 0. The van der Waals surface area contributed by atoms with Crippen molar-refractivity contribution < 1.29 is 9.53 Å². The van der Waals surface area contributed by atoms with Crippen LogP contribution >= 0.6 is 0 Å².